The van der Waals surface area contributed by atoms with Crippen LogP contribution in [0.1, 0.15) is 44.6 Å². The molecule has 2 heterocycles. The van der Waals surface area contributed by atoms with Gasteiger partial charge in [-0.15, -0.1) is 0 Å². The molecule has 26 heavy (non-hydrogen) atoms. The van der Waals surface area contributed by atoms with Crippen molar-refractivity contribution in [3.63, 3.8) is 0 Å². The number of likely N-dealkylation sites (tertiary alicyclic amines) is 1. The van der Waals surface area contributed by atoms with Crippen LogP contribution in [0.15, 0.2) is 17.6 Å². The van der Waals surface area contributed by atoms with E-state index in [0.717, 1.165) is 10.7 Å². The van der Waals surface area contributed by atoms with Crippen LogP contribution in [0.25, 0.3) is 0 Å². The molecule has 3 rings (SSSR count). The van der Waals surface area contributed by atoms with E-state index in [2.05, 4.69) is 15.3 Å². The largest absolute Gasteiger partial charge is 0.481 e. The van der Waals surface area contributed by atoms with E-state index in [1.165, 1.54) is 25.7 Å². The SMILES string of the molecule is CC1(C(=O)O)CCN(C(=O)NCCc2cnc(SC3CCCC3)nc2)C1. The molecule has 1 saturated carbocycles. The van der Waals surface area contributed by atoms with Gasteiger partial charge in [0.25, 0.3) is 0 Å². The summed E-state index contributed by atoms with van der Waals surface area (Å²) in [6.45, 7) is 2.90. The number of carbonyl (C=O) groups is 2. The zero-order chi connectivity index (χ0) is 18.6. The van der Waals surface area contributed by atoms with Gasteiger partial charge in [0.15, 0.2) is 5.16 Å². The lowest BCUT2D eigenvalue weighted by molar-refractivity contribution is -0.146. The number of aromatic nitrogens is 2. The summed E-state index contributed by atoms with van der Waals surface area (Å²) >= 11 is 1.76. The van der Waals surface area contributed by atoms with E-state index in [0.29, 0.717) is 31.2 Å². The molecule has 2 amide bonds. The van der Waals surface area contributed by atoms with Crippen molar-refractivity contribution in [1.29, 1.82) is 0 Å². The van der Waals surface area contributed by atoms with Crippen molar-refractivity contribution in [3.8, 4) is 0 Å². The molecular weight excluding hydrogens is 352 g/mol. The second kappa shape index (κ2) is 8.24. The fourth-order valence-corrected chi connectivity index (χ4v) is 4.52. The molecule has 2 N–H and O–H groups in total. The van der Waals surface area contributed by atoms with Crippen LogP contribution in [0.4, 0.5) is 4.79 Å². The quantitative estimate of drug-likeness (QED) is 0.739. The van der Waals surface area contributed by atoms with E-state index in [4.69, 9.17) is 0 Å². The maximum atomic E-state index is 12.2. The summed E-state index contributed by atoms with van der Waals surface area (Å²) in [5.41, 5.74) is 0.149. The highest BCUT2D eigenvalue weighted by atomic mass is 32.2. The van der Waals surface area contributed by atoms with Gasteiger partial charge in [-0.1, -0.05) is 24.6 Å². The lowest BCUT2D eigenvalue weighted by atomic mass is 9.90. The topological polar surface area (TPSA) is 95.4 Å². The Balaban J connectivity index is 1.40. The average molecular weight is 378 g/mol. The third-order valence-corrected chi connectivity index (χ3v) is 6.45. The molecule has 1 aliphatic carbocycles. The van der Waals surface area contributed by atoms with Crippen LogP contribution in [0.3, 0.4) is 0 Å². The summed E-state index contributed by atoms with van der Waals surface area (Å²) in [4.78, 5) is 33.8. The van der Waals surface area contributed by atoms with Crippen LogP contribution in [-0.2, 0) is 11.2 Å². The molecule has 2 fully saturated rings. The lowest BCUT2D eigenvalue weighted by Gasteiger charge is -2.20. The summed E-state index contributed by atoms with van der Waals surface area (Å²) in [5, 5.41) is 13.6. The minimum absolute atomic E-state index is 0.204. The molecule has 0 aromatic carbocycles. The van der Waals surface area contributed by atoms with E-state index >= 15 is 0 Å². The smallest absolute Gasteiger partial charge is 0.317 e. The number of aliphatic carboxylic acids is 1. The lowest BCUT2D eigenvalue weighted by Crippen LogP contribution is -2.41. The molecule has 0 radical (unpaired) electrons. The third-order valence-electron chi connectivity index (χ3n) is 5.22. The summed E-state index contributed by atoms with van der Waals surface area (Å²) in [5.74, 6) is -0.847. The zero-order valence-corrected chi connectivity index (χ0v) is 15.9. The first-order valence-corrected chi connectivity index (χ1v) is 10.1. The van der Waals surface area contributed by atoms with E-state index in [1.54, 1.807) is 23.6 Å². The van der Waals surface area contributed by atoms with Crippen LogP contribution in [0, 0.1) is 5.41 Å². The van der Waals surface area contributed by atoms with Gasteiger partial charge in [0, 0.05) is 37.3 Å². The fourth-order valence-electron chi connectivity index (χ4n) is 3.42. The Bertz CT molecular complexity index is 648. The number of hydrogen-bond donors (Lipinski definition) is 2. The molecule has 2 aliphatic rings. The van der Waals surface area contributed by atoms with E-state index < -0.39 is 11.4 Å². The van der Waals surface area contributed by atoms with Crippen molar-refractivity contribution in [3.05, 3.63) is 18.0 Å². The Morgan fingerprint density at radius 1 is 1.35 bits per heavy atom. The Morgan fingerprint density at radius 3 is 2.65 bits per heavy atom. The van der Waals surface area contributed by atoms with Gasteiger partial charge in [-0.05, 0) is 38.2 Å². The van der Waals surface area contributed by atoms with Crippen LogP contribution < -0.4 is 5.32 Å². The van der Waals surface area contributed by atoms with E-state index in [1.807, 2.05) is 12.4 Å². The van der Waals surface area contributed by atoms with Gasteiger partial charge in [0.05, 0.1) is 5.41 Å². The minimum Gasteiger partial charge on any atom is -0.481 e. The number of hydrogen-bond acceptors (Lipinski definition) is 5. The van der Waals surface area contributed by atoms with Crippen LogP contribution in [0.5, 0.6) is 0 Å². The highest BCUT2D eigenvalue weighted by Gasteiger charge is 2.42. The van der Waals surface area contributed by atoms with Crippen LogP contribution >= 0.6 is 11.8 Å². The number of urea groups is 1. The van der Waals surface area contributed by atoms with Crippen molar-refractivity contribution in [2.75, 3.05) is 19.6 Å². The van der Waals surface area contributed by atoms with Crippen molar-refractivity contribution >= 4 is 23.8 Å². The van der Waals surface area contributed by atoms with Crippen molar-refractivity contribution in [2.45, 2.75) is 55.9 Å². The number of carboxylic acids is 1. The fraction of sp³-hybridized carbons (Fsp3) is 0.667. The van der Waals surface area contributed by atoms with Crippen molar-refractivity contribution < 1.29 is 14.7 Å². The Morgan fingerprint density at radius 2 is 2.04 bits per heavy atom. The molecule has 142 valence electrons. The Labute approximate surface area is 158 Å². The molecule has 0 spiro atoms. The molecular formula is C18H26N4O3S. The highest BCUT2D eigenvalue weighted by molar-refractivity contribution is 7.99. The predicted octanol–water partition coefficient (Wildman–Crippen LogP) is 2.56. The second-order valence-corrected chi connectivity index (χ2v) is 8.69. The molecule has 1 saturated heterocycles. The monoisotopic (exact) mass is 378 g/mol. The maximum Gasteiger partial charge on any atom is 0.317 e. The number of thioether (sulfide) groups is 1. The van der Waals surface area contributed by atoms with Crippen molar-refractivity contribution in [2.24, 2.45) is 5.41 Å². The van der Waals surface area contributed by atoms with E-state index in [9.17, 15) is 14.7 Å². The summed E-state index contributed by atoms with van der Waals surface area (Å²) in [7, 11) is 0. The number of rotatable bonds is 6. The normalized spacial score (nSPS) is 23.3. The second-order valence-electron chi connectivity index (χ2n) is 7.42. The van der Waals surface area contributed by atoms with Gasteiger partial charge in [-0.3, -0.25) is 4.79 Å². The first kappa shape index (κ1) is 18.9. The first-order valence-electron chi connectivity index (χ1n) is 9.20. The highest BCUT2D eigenvalue weighted by Crippen LogP contribution is 2.32. The number of amides is 2. The number of nitrogens with one attached hydrogen (secondary N) is 1. The molecule has 0 bridgehead atoms. The average Bonchev–Trinajstić information content (AvgIpc) is 3.27. The standard InChI is InChI=1S/C18H26N4O3S/c1-18(15(23)24)7-9-22(12-18)17(25)19-8-6-13-10-20-16(21-11-13)26-14-4-2-3-5-14/h10-11,14H,2-9,12H2,1H3,(H,19,25)(H,23,24). The van der Waals surface area contributed by atoms with Crippen molar-refractivity contribution in [1.82, 2.24) is 20.2 Å². The van der Waals surface area contributed by atoms with Gasteiger partial charge in [-0.25, -0.2) is 14.8 Å². The van der Waals surface area contributed by atoms with Gasteiger partial charge in [0.2, 0.25) is 0 Å². The third kappa shape index (κ3) is 4.66. The molecule has 1 unspecified atom stereocenters. The van der Waals surface area contributed by atoms with Gasteiger partial charge in [0.1, 0.15) is 0 Å². The molecule has 8 heteroatoms. The number of carbonyl (C=O) groups excluding carboxylic acids is 1. The molecule has 7 nitrogen and oxygen atoms in total. The van der Waals surface area contributed by atoms with Gasteiger partial charge in [-0.2, -0.15) is 0 Å². The first-order chi connectivity index (χ1) is 12.5. The van der Waals surface area contributed by atoms with E-state index in [-0.39, 0.29) is 12.6 Å². The number of carboxylic acid groups (broad SMARTS) is 1. The molecule has 1 atom stereocenters. The number of nitrogens with zero attached hydrogens (tertiary/aromatic N) is 3. The van der Waals surface area contributed by atoms with Crippen LogP contribution in [-0.4, -0.2) is 56.9 Å². The van der Waals surface area contributed by atoms with Gasteiger partial charge >= 0.3 is 12.0 Å². The minimum atomic E-state index is -0.847. The summed E-state index contributed by atoms with van der Waals surface area (Å²) in [6, 6.07) is -0.204. The molecule has 1 aromatic rings. The molecule has 1 aromatic heterocycles. The molecule has 1 aliphatic heterocycles. The summed E-state index contributed by atoms with van der Waals surface area (Å²) in [6.07, 6.45) is 9.91. The van der Waals surface area contributed by atoms with Crippen LogP contribution in [0.2, 0.25) is 0 Å². The maximum absolute atomic E-state index is 12.2. The zero-order valence-electron chi connectivity index (χ0n) is 15.1. The summed E-state index contributed by atoms with van der Waals surface area (Å²) < 4.78 is 0. The Kier molecular flexibility index (Phi) is 6.01. The predicted molar refractivity (Wildman–Crippen MR) is 99.2 cm³/mol. The Hall–Kier alpha value is -1.83. The van der Waals surface area contributed by atoms with Gasteiger partial charge < -0.3 is 15.3 Å².